The summed E-state index contributed by atoms with van der Waals surface area (Å²) in [6, 6.07) is 11.4. The van der Waals surface area contributed by atoms with Gasteiger partial charge in [0.1, 0.15) is 0 Å². The molecule has 1 heteroatoms. The Kier molecular flexibility index (Phi) is 6.89. The van der Waals surface area contributed by atoms with Crippen molar-refractivity contribution in [3.8, 4) is 11.3 Å². The van der Waals surface area contributed by atoms with Gasteiger partial charge in [0.15, 0.2) is 0 Å². The van der Waals surface area contributed by atoms with Crippen molar-refractivity contribution >= 4 is 0 Å². The Balaban J connectivity index is 2.59. The summed E-state index contributed by atoms with van der Waals surface area (Å²) in [5, 5.41) is 0. The van der Waals surface area contributed by atoms with Crippen LogP contribution in [0.1, 0.15) is 109 Å². The minimum atomic E-state index is 0.336. The predicted molar refractivity (Wildman–Crippen MR) is 120 cm³/mol. The molecule has 0 fully saturated rings. The van der Waals surface area contributed by atoms with Gasteiger partial charge in [0.05, 0.1) is 5.69 Å². The lowest BCUT2D eigenvalue weighted by Crippen LogP contribution is -2.08. The summed E-state index contributed by atoms with van der Waals surface area (Å²) in [7, 11) is 0. The molecule has 0 saturated carbocycles. The van der Waals surface area contributed by atoms with Crippen LogP contribution in [0.2, 0.25) is 0 Å². The van der Waals surface area contributed by atoms with E-state index in [0.29, 0.717) is 23.2 Å². The van der Waals surface area contributed by atoms with E-state index in [0.717, 1.165) is 18.5 Å². The summed E-state index contributed by atoms with van der Waals surface area (Å²) in [6.45, 7) is 20.7. The molecule has 0 N–H and O–H groups in total. The third-order valence-electron chi connectivity index (χ3n) is 5.33. The lowest BCUT2D eigenvalue weighted by molar-refractivity contribution is 0.376. The number of aryl methyl sites for hydroxylation is 1. The molecule has 0 unspecified atom stereocenters. The molecule has 1 heterocycles. The third kappa shape index (κ3) is 5.67. The largest absolute Gasteiger partial charge is 0.253 e. The normalized spacial score (nSPS) is 12.4. The second-order valence-electron chi connectivity index (χ2n) is 10.1. The molecular formula is C26H39N. The first-order valence-corrected chi connectivity index (χ1v) is 10.6. The van der Waals surface area contributed by atoms with Crippen LogP contribution in [0.3, 0.4) is 0 Å². The van der Waals surface area contributed by atoms with Crippen molar-refractivity contribution in [2.45, 2.75) is 92.9 Å². The SMILES string of the molecule is CC(C)c1cc(C(C)C)c(-c2cccc(CCC(C)(C)C)n2)c(C(C)C)c1. The van der Waals surface area contributed by atoms with E-state index in [-0.39, 0.29) is 0 Å². The van der Waals surface area contributed by atoms with Gasteiger partial charge in [-0.05, 0) is 64.8 Å². The van der Waals surface area contributed by atoms with Crippen molar-refractivity contribution in [3.05, 3.63) is 52.7 Å². The monoisotopic (exact) mass is 365 g/mol. The zero-order valence-electron chi connectivity index (χ0n) is 19.0. The topological polar surface area (TPSA) is 12.9 Å². The number of benzene rings is 1. The lowest BCUT2D eigenvalue weighted by atomic mass is 9.83. The molecule has 148 valence electrons. The van der Waals surface area contributed by atoms with Gasteiger partial charge in [-0.3, -0.25) is 4.98 Å². The van der Waals surface area contributed by atoms with Crippen LogP contribution in [0.25, 0.3) is 11.3 Å². The van der Waals surface area contributed by atoms with E-state index >= 15 is 0 Å². The van der Waals surface area contributed by atoms with Gasteiger partial charge in [0.25, 0.3) is 0 Å². The Morgan fingerprint density at radius 1 is 0.815 bits per heavy atom. The van der Waals surface area contributed by atoms with Crippen LogP contribution in [0.15, 0.2) is 30.3 Å². The minimum absolute atomic E-state index is 0.336. The van der Waals surface area contributed by atoms with Crippen molar-refractivity contribution in [2.24, 2.45) is 5.41 Å². The molecule has 0 atom stereocenters. The number of hydrogen-bond acceptors (Lipinski definition) is 1. The fraction of sp³-hybridized carbons (Fsp3) is 0.577. The van der Waals surface area contributed by atoms with E-state index < -0.39 is 0 Å². The fourth-order valence-electron chi connectivity index (χ4n) is 3.51. The van der Waals surface area contributed by atoms with Gasteiger partial charge in [0.2, 0.25) is 0 Å². The minimum Gasteiger partial charge on any atom is -0.253 e. The van der Waals surface area contributed by atoms with Gasteiger partial charge >= 0.3 is 0 Å². The standard InChI is InChI=1S/C26H39N/c1-17(2)20-15-22(18(3)4)25(23(16-20)19(5)6)24-12-10-11-21(27-24)13-14-26(7,8)9/h10-12,15-19H,13-14H2,1-9H3. The van der Waals surface area contributed by atoms with Crippen molar-refractivity contribution in [1.82, 2.24) is 4.98 Å². The first-order chi connectivity index (χ1) is 12.5. The van der Waals surface area contributed by atoms with E-state index in [1.54, 1.807) is 0 Å². The Morgan fingerprint density at radius 3 is 1.81 bits per heavy atom. The van der Waals surface area contributed by atoms with E-state index in [1.165, 1.54) is 27.9 Å². The highest BCUT2D eigenvalue weighted by Crippen LogP contribution is 2.38. The summed E-state index contributed by atoms with van der Waals surface area (Å²) in [5.74, 6) is 1.51. The molecule has 0 aliphatic rings. The van der Waals surface area contributed by atoms with Crippen molar-refractivity contribution in [2.75, 3.05) is 0 Å². The quantitative estimate of drug-likeness (QED) is 0.504. The van der Waals surface area contributed by atoms with E-state index in [1.807, 2.05) is 0 Å². The van der Waals surface area contributed by atoms with E-state index in [4.69, 9.17) is 4.98 Å². The highest BCUT2D eigenvalue weighted by molar-refractivity contribution is 5.70. The van der Waals surface area contributed by atoms with Crippen LogP contribution >= 0.6 is 0 Å². The van der Waals surface area contributed by atoms with Crippen LogP contribution in [-0.2, 0) is 6.42 Å². The summed E-state index contributed by atoms with van der Waals surface area (Å²) in [4.78, 5) is 5.11. The molecule has 2 rings (SSSR count). The van der Waals surface area contributed by atoms with Gasteiger partial charge < -0.3 is 0 Å². The average Bonchev–Trinajstić information content (AvgIpc) is 2.58. The average molecular weight is 366 g/mol. The van der Waals surface area contributed by atoms with Crippen LogP contribution in [-0.4, -0.2) is 4.98 Å². The summed E-state index contributed by atoms with van der Waals surface area (Å²) < 4.78 is 0. The second-order valence-corrected chi connectivity index (χ2v) is 10.1. The molecule has 0 amide bonds. The second kappa shape index (κ2) is 8.59. The van der Waals surface area contributed by atoms with Crippen LogP contribution in [0.5, 0.6) is 0 Å². The van der Waals surface area contributed by atoms with Crippen molar-refractivity contribution < 1.29 is 0 Å². The summed E-state index contributed by atoms with van der Waals surface area (Å²) in [6.07, 6.45) is 2.19. The Bertz CT molecular complexity index is 731. The molecule has 0 aliphatic carbocycles. The van der Waals surface area contributed by atoms with Crippen LogP contribution in [0, 0.1) is 5.41 Å². The molecule has 0 spiro atoms. The molecule has 1 aromatic carbocycles. The Morgan fingerprint density at radius 2 is 1.37 bits per heavy atom. The number of rotatable bonds is 6. The molecule has 1 nitrogen and oxygen atoms in total. The maximum absolute atomic E-state index is 5.11. The number of nitrogens with zero attached hydrogens (tertiary/aromatic N) is 1. The molecule has 27 heavy (non-hydrogen) atoms. The van der Waals surface area contributed by atoms with Crippen LogP contribution in [0.4, 0.5) is 0 Å². The highest BCUT2D eigenvalue weighted by atomic mass is 14.7. The zero-order chi connectivity index (χ0) is 20.4. The predicted octanol–water partition coefficient (Wildman–Crippen LogP) is 8.10. The maximum atomic E-state index is 5.11. The fourth-order valence-corrected chi connectivity index (χ4v) is 3.51. The number of hydrogen-bond donors (Lipinski definition) is 0. The smallest absolute Gasteiger partial charge is 0.0711 e. The molecule has 1 aromatic heterocycles. The zero-order valence-corrected chi connectivity index (χ0v) is 19.0. The molecule has 0 radical (unpaired) electrons. The van der Waals surface area contributed by atoms with Gasteiger partial charge in [0, 0.05) is 11.3 Å². The third-order valence-corrected chi connectivity index (χ3v) is 5.33. The highest BCUT2D eigenvalue weighted by Gasteiger charge is 2.20. The molecule has 2 aromatic rings. The summed E-state index contributed by atoms with van der Waals surface area (Å²) >= 11 is 0. The molecular weight excluding hydrogens is 326 g/mol. The Labute approximate surface area is 167 Å². The van der Waals surface area contributed by atoms with E-state index in [9.17, 15) is 0 Å². The maximum Gasteiger partial charge on any atom is 0.0711 e. The summed E-state index contributed by atoms with van der Waals surface area (Å²) in [5.41, 5.74) is 8.36. The first kappa shape index (κ1) is 21.7. The first-order valence-electron chi connectivity index (χ1n) is 10.6. The molecule has 0 bridgehead atoms. The lowest BCUT2D eigenvalue weighted by Gasteiger charge is -2.23. The van der Waals surface area contributed by atoms with Crippen molar-refractivity contribution in [3.63, 3.8) is 0 Å². The van der Waals surface area contributed by atoms with Gasteiger partial charge in [-0.2, -0.15) is 0 Å². The van der Waals surface area contributed by atoms with Gasteiger partial charge in [-0.1, -0.05) is 80.5 Å². The van der Waals surface area contributed by atoms with Crippen molar-refractivity contribution in [1.29, 1.82) is 0 Å². The Hall–Kier alpha value is -1.63. The van der Waals surface area contributed by atoms with Crippen LogP contribution < -0.4 is 0 Å². The van der Waals surface area contributed by atoms with Gasteiger partial charge in [-0.15, -0.1) is 0 Å². The van der Waals surface area contributed by atoms with Gasteiger partial charge in [-0.25, -0.2) is 0 Å². The van der Waals surface area contributed by atoms with E-state index in [2.05, 4.69) is 92.6 Å². The number of pyridine rings is 1. The molecule has 0 saturated heterocycles. The number of aromatic nitrogens is 1. The molecule has 0 aliphatic heterocycles.